The molecule has 14 heteroatoms. The standard InChI is InChI=1S/C35H28F9NO3S/c1-2-24-19-27(15-16-29(24)36)49(46,47)32(17-18-45(22-32)20-23-7-4-3-5-8-23)25-11-13-26(14-12-25)33(34(39,40)41,35(42,43)44)48-21-28-30(37)9-6-10-31(28)38/h2-16,19H,1,17-18,20-22H2. The van der Waals surface area contributed by atoms with E-state index in [-0.39, 0.29) is 42.1 Å². The predicted octanol–water partition coefficient (Wildman–Crippen LogP) is 8.86. The van der Waals surface area contributed by atoms with Crippen molar-refractivity contribution in [1.29, 1.82) is 0 Å². The van der Waals surface area contributed by atoms with E-state index in [0.29, 0.717) is 24.3 Å². The van der Waals surface area contributed by atoms with Crippen molar-refractivity contribution < 1.29 is 52.7 Å². The van der Waals surface area contributed by atoms with Crippen molar-refractivity contribution in [2.45, 2.75) is 47.2 Å². The molecule has 4 aromatic rings. The molecule has 0 N–H and O–H groups in total. The Bertz CT molecular complexity index is 1890. The molecule has 0 spiro atoms. The first-order valence-electron chi connectivity index (χ1n) is 14.7. The summed E-state index contributed by atoms with van der Waals surface area (Å²) in [6, 6.07) is 16.7. The summed E-state index contributed by atoms with van der Waals surface area (Å²) in [6.07, 6.45) is -11.4. The van der Waals surface area contributed by atoms with E-state index in [0.717, 1.165) is 48.0 Å². The van der Waals surface area contributed by atoms with Gasteiger partial charge in [0.15, 0.2) is 9.84 Å². The van der Waals surface area contributed by atoms with Gasteiger partial charge in [0.05, 0.1) is 11.5 Å². The maximum Gasteiger partial charge on any atom is 0.430 e. The maximum atomic E-state index is 14.5. The van der Waals surface area contributed by atoms with Gasteiger partial charge in [0.2, 0.25) is 0 Å². The van der Waals surface area contributed by atoms with Crippen molar-refractivity contribution in [2.75, 3.05) is 13.1 Å². The van der Waals surface area contributed by atoms with Crippen molar-refractivity contribution in [1.82, 2.24) is 4.90 Å². The van der Waals surface area contributed by atoms with Crippen LogP contribution in [0, 0.1) is 17.5 Å². The molecule has 0 radical (unpaired) electrons. The van der Waals surface area contributed by atoms with Crippen LogP contribution in [0.25, 0.3) is 6.08 Å². The van der Waals surface area contributed by atoms with Gasteiger partial charge >= 0.3 is 12.4 Å². The molecule has 1 fully saturated rings. The molecule has 5 rings (SSSR count). The molecule has 4 aromatic carbocycles. The number of ether oxygens (including phenoxy) is 1. The van der Waals surface area contributed by atoms with Crippen molar-refractivity contribution in [2.24, 2.45) is 0 Å². The zero-order valence-electron chi connectivity index (χ0n) is 25.5. The van der Waals surface area contributed by atoms with Gasteiger partial charge in [-0.2, -0.15) is 26.3 Å². The molecule has 0 aromatic heterocycles. The first kappa shape index (κ1) is 36.1. The van der Waals surface area contributed by atoms with Gasteiger partial charge < -0.3 is 4.74 Å². The molecule has 0 aliphatic carbocycles. The van der Waals surface area contributed by atoms with Crippen LogP contribution >= 0.6 is 0 Å². The lowest BCUT2D eigenvalue weighted by Gasteiger charge is -2.38. The number of rotatable bonds is 10. The number of likely N-dealkylation sites (tertiary alicyclic amines) is 1. The summed E-state index contributed by atoms with van der Waals surface area (Å²) in [7, 11) is -4.50. The van der Waals surface area contributed by atoms with Crippen molar-refractivity contribution in [3.05, 3.63) is 143 Å². The highest BCUT2D eigenvalue weighted by molar-refractivity contribution is 7.92. The second-order valence-electron chi connectivity index (χ2n) is 11.6. The number of halogens is 9. The second-order valence-corrected chi connectivity index (χ2v) is 13.8. The van der Waals surface area contributed by atoms with E-state index >= 15 is 0 Å². The first-order chi connectivity index (χ1) is 23.0. The summed E-state index contributed by atoms with van der Waals surface area (Å²) >= 11 is 0. The van der Waals surface area contributed by atoms with Crippen LogP contribution in [0.3, 0.4) is 0 Å². The van der Waals surface area contributed by atoms with Crippen LogP contribution in [0.15, 0.2) is 102 Å². The number of nitrogens with zero attached hydrogens (tertiary/aromatic N) is 1. The fourth-order valence-electron chi connectivity index (χ4n) is 6.11. The lowest BCUT2D eigenvalue weighted by Crippen LogP contribution is -2.56. The minimum atomic E-state index is -6.19. The van der Waals surface area contributed by atoms with Gasteiger partial charge in [-0.3, -0.25) is 4.90 Å². The van der Waals surface area contributed by atoms with E-state index in [9.17, 15) is 47.9 Å². The third-order valence-electron chi connectivity index (χ3n) is 8.68. The lowest BCUT2D eigenvalue weighted by molar-refractivity contribution is -0.392. The quantitative estimate of drug-likeness (QED) is 0.122. The molecule has 1 aliphatic rings. The van der Waals surface area contributed by atoms with Crippen LogP contribution in [0.2, 0.25) is 0 Å². The van der Waals surface area contributed by atoms with E-state index in [1.54, 1.807) is 35.2 Å². The Morgan fingerprint density at radius 3 is 1.98 bits per heavy atom. The minimum Gasteiger partial charge on any atom is -0.349 e. The molecular formula is C35H28F9NO3S. The molecule has 1 aliphatic heterocycles. The van der Waals surface area contributed by atoms with E-state index in [2.05, 4.69) is 11.3 Å². The average molecular weight is 714 g/mol. The fourth-order valence-corrected chi connectivity index (χ4v) is 8.25. The lowest BCUT2D eigenvalue weighted by atomic mass is 9.88. The van der Waals surface area contributed by atoms with E-state index in [1.165, 1.54) is 0 Å². The largest absolute Gasteiger partial charge is 0.430 e. The van der Waals surface area contributed by atoms with Gasteiger partial charge in [-0.15, -0.1) is 0 Å². The van der Waals surface area contributed by atoms with Crippen LogP contribution in [0.1, 0.15) is 34.2 Å². The van der Waals surface area contributed by atoms with Crippen LogP contribution in [-0.4, -0.2) is 38.8 Å². The highest BCUT2D eigenvalue weighted by Gasteiger charge is 2.73. The molecule has 4 nitrogen and oxygen atoms in total. The van der Waals surface area contributed by atoms with Crippen molar-refractivity contribution in [3.63, 3.8) is 0 Å². The smallest absolute Gasteiger partial charge is 0.349 e. The third-order valence-corrected chi connectivity index (χ3v) is 11.2. The van der Waals surface area contributed by atoms with Crippen molar-refractivity contribution in [3.8, 4) is 0 Å². The minimum absolute atomic E-state index is 0.116. The zero-order valence-corrected chi connectivity index (χ0v) is 26.3. The van der Waals surface area contributed by atoms with Crippen LogP contribution in [0.5, 0.6) is 0 Å². The second kappa shape index (κ2) is 13.3. The Labute approximate surface area is 276 Å². The van der Waals surface area contributed by atoms with Gasteiger partial charge in [0, 0.05) is 36.3 Å². The molecule has 1 heterocycles. The highest BCUT2D eigenvalue weighted by Crippen LogP contribution is 2.54. The summed E-state index contributed by atoms with van der Waals surface area (Å²) in [5.41, 5.74) is -7.13. The number of hydrogen-bond donors (Lipinski definition) is 0. The summed E-state index contributed by atoms with van der Waals surface area (Å²) in [5, 5.41) is 0. The van der Waals surface area contributed by atoms with Crippen LogP contribution in [0.4, 0.5) is 39.5 Å². The highest BCUT2D eigenvalue weighted by atomic mass is 32.2. The zero-order chi connectivity index (χ0) is 35.8. The molecule has 0 saturated carbocycles. The number of benzene rings is 4. The molecule has 0 bridgehead atoms. The summed E-state index contributed by atoms with van der Waals surface area (Å²) in [5.74, 6) is -3.58. The summed E-state index contributed by atoms with van der Waals surface area (Å²) in [4.78, 5) is 1.45. The summed E-state index contributed by atoms with van der Waals surface area (Å²) < 4.78 is 161. The molecule has 1 atom stereocenters. The Balaban J connectivity index is 1.62. The van der Waals surface area contributed by atoms with Crippen LogP contribution in [-0.2, 0) is 38.1 Å². The Hall–Kier alpha value is -4.14. The topological polar surface area (TPSA) is 46.6 Å². The monoisotopic (exact) mass is 713 g/mol. The third kappa shape index (κ3) is 6.49. The van der Waals surface area contributed by atoms with Crippen LogP contribution < -0.4 is 0 Å². The van der Waals surface area contributed by atoms with Crippen molar-refractivity contribution >= 4 is 15.9 Å². The van der Waals surface area contributed by atoms with E-state index in [4.69, 9.17) is 0 Å². The van der Waals surface area contributed by atoms with Gasteiger partial charge in [0.1, 0.15) is 22.2 Å². The maximum absolute atomic E-state index is 14.5. The Morgan fingerprint density at radius 1 is 0.796 bits per heavy atom. The van der Waals surface area contributed by atoms with Gasteiger partial charge in [-0.1, -0.05) is 73.3 Å². The molecular weight excluding hydrogens is 685 g/mol. The number of alkyl halides is 6. The average Bonchev–Trinajstić information content (AvgIpc) is 3.47. The van der Waals surface area contributed by atoms with Gasteiger partial charge in [-0.25, -0.2) is 21.6 Å². The normalized spacial score (nSPS) is 17.7. The van der Waals surface area contributed by atoms with E-state index < -0.39 is 67.7 Å². The van der Waals surface area contributed by atoms with E-state index in [1.807, 2.05) is 0 Å². The molecule has 49 heavy (non-hydrogen) atoms. The molecule has 1 saturated heterocycles. The Kier molecular flexibility index (Phi) is 9.80. The number of hydrogen-bond acceptors (Lipinski definition) is 4. The Morgan fingerprint density at radius 2 is 1.41 bits per heavy atom. The molecule has 260 valence electrons. The predicted molar refractivity (Wildman–Crippen MR) is 163 cm³/mol. The first-order valence-corrected chi connectivity index (χ1v) is 16.2. The SMILES string of the molecule is C=Cc1cc(S(=O)(=O)C2(c3ccc(C(OCc4c(F)cccc4F)(C(F)(F)F)C(F)(F)F)cc3)CCN(Cc3ccccc3)C2)ccc1F. The van der Waals surface area contributed by atoms with Gasteiger partial charge in [-0.05, 0) is 47.9 Å². The van der Waals surface area contributed by atoms with Gasteiger partial charge in [0.25, 0.3) is 5.60 Å². The molecule has 0 amide bonds. The molecule has 1 unspecified atom stereocenters. The number of sulfone groups is 1. The fraction of sp³-hybridized carbons (Fsp3) is 0.257. The summed E-state index contributed by atoms with van der Waals surface area (Å²) in [6.45, 7) is 2.00.